The summed E-state index contributed by atoms with van der Waals surface area (Å²) in [5, 5.41) is 0. The molecule has 0 radical (unpaired) electrons. The molecule has 138 valence electrons. The third-order valence-electron chi connectivity index (χ3n) is 4.83. The van der Waals surface area contributed by atoms with Crippen molar-refractivity contribution >= 4 is 5.57 Å². The molecule has 0 atom stereocenters. The molecule has 0 saturated carbocycles. The lowest BCUT2D eigenvalue weighted by Crippen LogP contribution is -1.95. The SMILES string of the molecule is Cc1cc(C)cc(C/C=C(/CC(C)C)c2cccc(-c3ccccc3)c2)c1. The van der Waals surface area contributed by atoms with Gasteiger partial charge in [-0.2, -0.15) is 0 Å². The maximum Gasteiger partial charge on any atom is -0.00912 e. The first-order chi connectivity index (χ1) is 13.0. The van der Waals surface area contributed by atoms with Crippen molar-refractivity contribution in [3.63, 3.8) is 0 Å². The van der Waals surface area contributed by atoms with Crippen molar-refractivity contribution in [2.45, 2.75) is 40.5 Å². The van der Waals surface area contributed by atoms with Crippen molar-refractivity contribution in [3.8, 4) is 11.1 Å². The van der Waals surface area contributed by atoms with Gasteiger partial charge in [0.15, 0.2) is 0 Å². The van der Waals surface area contributed by atoms with Crippen molar-refractivity contribution in [1.82, 2.24) is 0 Å². The first-order valence-corrected chi connectivity index (χ1v) is 9.93. The first kappa shape index (κ1) is 19.2. The summed E-state index contributed by atoms with van der Waals surface area (Å²) in [5.74, 6) is 0.635. The fraction of sp³-hybridized carbons (Fsp3) is 0.259. The van der Waals surface area contributed by atoms with Crippen LogP contribution in [-0.4, -0.2) is 0 Å². The molecule has 27 heavy (non-hydrogen) atoms. The van der Waals surface area contributed by atoms with Crippen LogP contribution in [0.15, 0.2) is 78.9 Å². The van der Waals surface area contributed by atoms with Gasteiger partial charge in [-0.15, -0.1) is 0 Å². The summed E-state index contributed by atoms with van der Waals surface area (Å²) >= 11 is 0. The van der Waals surface area contributed by atoms with E-state index in [1.165, 1.54) is 39.0 Å². The summed E-state index contributed by atoms with van der Waals surface area (Å²) < 4.78 is 0. The fourth-order valence-corrected chi connectivity index (χ4v) is 3.72. The summed E-state index contributed by atoms with van der Waals surface area (Å²) in [5.41, 5.74) is 9.43. The van der Waals surface area contributed by atoms with Gasteiger partial charge < -0.3 is 0 Å². The number of aryl methyl sites for hydroxylation is 2. The Labute approximate surface area is 164 Å². The van der Waals surface area contributed by atoms with Gasteiger partial charge in [-0.25, -0.2) is 0 Å². The summed E-state index contributed by atoms with van der Waals surface area (Å²) in [6, 6.07) is 26.5. The molecule has 0 aliphatic carbocycles. The third kappa shape index (κ3) is 5.44. The van der Waals surface area contributed by atoms with E-state index < -0.39 is 0 Å². The van der Waals surface area contributed by atoms with Gasteiger partial charge in [0.2, 0.25) is 0 Å². The number of hydrogen-bond acceptors (Lipinski definition) is 0. The van der Waals surface area contributed by atoms with Crippen LogP contribution in [0.5, 0.6) is 0 Å². The lowest BCUT2D eigenvalue weighted by Gasteiger charge is -2.13. The summed E-state index contributed by atoms with van der Waals surface area (Å²) in [6.45, 7) is 8.95. The second-order valence-electron chi connectivity index (χ2n) is 7.97. The second-order valence-corrected chi connectivity index (χ2v) is 7.97. The minimum Gasteiger partial charge on any atom is -0.0763 e. The minimum atomic E-state index is 0.635. The van der Waals surface area contributed by atoms with Crippen molar-refractivity contribution < 1.29 is 0 Å². The van der Waals surface area contributed by atoms with E-state index in [4.69, 9.17) is 0 Å². The van der Waals surface area contributed by atoms with Crippen LogP contribution in [0, 0.1) is 19.8 Å². The average molecular weight is 355 g/mol. The van der Waals surface area contributed by atoms with E-state index in [-0.39, 0.29) is 0 Å². The van der Waals surface area contributed by atoms with Gasteiger partial charge in [-0.1, -0.05) is 97.8 Å². The average Bonchev–Trinajstić information content (AvgIpc) is 2.65. The van der Waals surface area contributed by atoms with E-state index in [0.29, 0.717) is 5.92 Å². The first-order valence-electron chi connectivity index (χ1n) is 9.93. The smallest absolute Gasteiger partial charge is 0.00912 e. The van der Waals surface area contributed by atoms with Gasteiger partial charge in [-0.05, 0) is 66.5 Å². The molecule has 0 aromatic heterocycles. The Hall–Kier alpha value is -2.60. The monoisotopic (exact) mass is 354 g/mol. The summed E-state index contributed by atoms with van der Waals surface area (Å²) in [7, 11) is 0. The second kappa shape index (κ2) is 8.86. The van der Waals surface area contributed by atoms with Crippen molar-refractivity contribution in [3.05, 3.63) is 101 Å². The van der Waals surface area contributed by atoms with Crippen LogP contribution >= 0.6 is 0 Å². The van der Waals surface area contributed by atoms with Crippen LogP contribution < -0.4 is 0 Å². The number of benzene rings is 3. The highest BCUT2D eigenvalue weighted by Gasteiger charge is 2.07. The molecule has 0 saturated heterocycles. The molecule has 0 spiro atoms. The molecule has 0 aliphatic heterocycles. The molecule has 0 heteroatoms. The van der Waals surface area contributed by atoms with E-state index in [1.54, 1.807) is 0 Å². The molecule has 0 nitrogen and oxygen atoms in total. The Morgan fingerprint density at radius 3 is 2.11 bits per heavy atom. The van der Waals surface area contributed by atoms with Gasteiger partial charge in [0.25, 0.3) is 0 Å². The van der Waals surface area contributed by atoms with Gasteiger partial charge in [0, 0.05) is 0 Å². The maximum atomic E-state index is 2.43. The summed E-state index contributed by atoms with van der Waals surface area (Å²) in [4.78, 5) is 0. The quantitative estimate of drug-likeness (QED) is 0.426. The molecule has 3 aromatic rings. The van der Waals surface area contributed by atoms with Crippen LogP contribution in [0.25, 0.3) is 16.7 Å². The molecule has 0 amide bonds. The Balaban J connectivity index is 1.92. The minimum absolute atomic E-state index is 0.635. The molecule has 0 N–H and O–H groups in total. The Bertz CT molecular complexity index is 894. The highest BCUT2D eigenvalue weighted by atomic mass is 14.1. The normalized spacial score (nSPS) is 11.8. The van der Waals surface area contributed by atoms with Crippen LogP contribution in [0.4, 0.5) is 0 Å². The zero-order valence-electron chi connectivity index (χ0n) is 17.0. The number of allylic oxidation sites excluding steroid dienone is 2. The van der Waals surface area contributed by atoms with E-state index in [9.17, 15) is 0 Å². The maximum absolute atomic E-state index is 2.43. The Kier molecular flexibility index (Phi) is 6.29. The molecule has 3 rings (SSSR count). The zero-order chi connectivity index (χ0) is 19.2. The molecular formula is C27H30. The predicted octanol–water partition coefficient (Wildman–Crippen LogP) is 7.64. The molecule has 0 aliphatic rings. The van der Waals surface area contributed by atoms with E-state index in [1.807, 2.05) is 0 Å². The van der Waals surface area contributed by atoms with E-state index in [0.717, 1.165) is 12.8 Å². The predicted molar refractivity (Wildman–Crippen MR) is 119 cm³/mol. The Morgan fingerprint density at radius 2 is 1.44 bits per heavy atom. The lowest BCUT2D eigenvalue weighted by atomic mass is 9.92. The largest absolute Gasteiger partial charge is 0.0763 e. The van der Waals surface area contributed by atoms with Crippen molar-refractivity contribution in [2.75, 3.05) is 0 Å². The van der Waals surface area contributed by atoms with Crippen LogP contribution in [-0.2, 0) is 6.42 Å². The number of rotatable bonds is 6. The highest BCUT2D eigenvalue weighted by molar-refractivity contribution is 5.73. The third-order valence-corrected chi connectivity index (χ3v) is 4.83. The molecule has 3 aromatic carbocycles. The van der Waals surface area contributed by atoms with Crippen molar-refractivity contribution in [2.24, 2.45) is 5.92 Å². The van der Waals surface area contributed by atoms with E-state index >= 15 is 0 Å². The van der Waals surface area contributed by atoms with Crippen LogP contribution in [0.1, 0.15) is 42.5 Å². The standard InChI is InChI=1S/C27H30/c1-20(2)15-27(14-13-23-17-21(3)16-22(4)18-23)26-12-8-11-25(19-26)24-9-6-5-7-10-24/h5-12,14,16-20H,13,15H2,1-4H3/b27-14-. The van der Waals surface area contributed by atoms with E-state index in [2.05, 4.69) is 107 Å². The van der Waals surface area contributed by atoms with Crippen LogP contribution in [0.3, 0.4) is 0 Å². The number of hydrogen-bond donors (Lipinski definition) is 0. The fourth-order valence-electron chi connectivity index (χ4n) is 3.72. The van der Waals surface area contributed by atoms with Crippen molar-refractivity contribution in [1.29, 1.82) is 0 Å². The molecule has 0 fully saturated rings. The zero-order valence-corrected chi connectivity index (χ0v) is 17.0. The van der Waals surface area contributed by atoms with Gasteiger partial charge in [0.05, 0.1) is 0 Å². The van der Waals surface area contributed by atoms with Gasteiger partial charge in [0.1, 0.15) is 0 Å². The van der Waals surface area contributed by atoms with Gasteiger partial charge >= 0.3 is 0 Å². The lowest BCUT2D eigenvalue weighted by molar-refractivity contribution is 0.672. The van der Waals surface area contributed by atoms with Crippen LogP contribution in [0.2, 0.25) is 0 Å². The van der Waals surface area contributed by atoms with Gasteiger partial charge in [-0.3, -0.25) is 0 Å². The molecule has 0 unspecified atom stereocenters. The summed E-state index contributed by atoms with van der Waals surface area (Å²) in [6.07, 6.45) is 4.52. The molecule has 0 heterocycles. The molecule has 0 bridgehead atoms. The Morgan fingerprint density at radius 1 is 0.778 bits per heavy atom. The highest BCUT2D eigenvalue weighted by Crippen LogP contribution is 2.28. The topological polar surface area (TPSA) is 0 Å². The molecular weight excluding hydrogens is 324 g/mol.